The van der Waals surface area contributed by atoms with Crippen molar-refractivity contribution >= 4 is 0 Å². The number of hydrogen-bond acceptors (Lipinski definition) is 0. The second kappa shape index (κ2) is 0.210. The second-order valence-electron chi connectivity index (χ2n) is 0.729. The summed E-state index contributed by atoms with van der Waals surface area (Å²) < 4.78 is 0. The van der Waals surface area contributed by atoms with Crippen molar-refractivity contribution in [1.29, 1.82) is 0 Å². The quantitative estimate of drug-likeness (QED) is 0.352. The molecule has 1 rings (SSSR count). The van der Waals surface area contributed by atoms with E-state index in [9.17, 15) is 0 Å². The Hall–Kier alpha value is -0.700. The molecule has 0 heterocycles. The van der Waals surface area contributed by atoms with E-state index >= 15 is 0 Å². The highest BCUT2D eigenvalue weighted by molar-refractivity contribution is 5.57. The number of allylic oxidation sites excluding steroid dienone is 1. The van der Waals surface area contributed by atoms with Crippen molar-refractivity contribution in [2.45, 2.75) is 0 Å². The number of hydrogen-bond donors (Lipinski definition) is 0. The van der Waals surface area contributed by atoms with E-state index in [1.165, 1.54) is 0 Å². The molecular weight excluding hydrogens is 48.0 g/mol. The summed E-state index contributed by atoms with van der Waals surface area (Å²) in [5, 5.41) is 0. The first-order valence-corrected chi connectivity index (χ1v) is 1.10. The van der Waals surface area contributed by atoms with Crippen LogP contribution in [0.25, 0.3) is 0 Å². The third-order valence-electron chi connectivity index (χ3n) is 0.302. The summed E-state index contributed by atoms with van der Waals surface area (Å²) in [6.07, 6.45) is 0. The van der Waals surface area contributed by atoms with E-state index in [0.717, 1.165) is 5.57 Å². The summed E-state index contributed by atoms with van der Waals surface area (Å²) in [7, 11) is 0. The zero-order valence-electron chi connectivity index (χ0n) is 2.21. The Balaban J connectivity index is 2.88. The summed E-state index contributed by atoms with van der Waals surface area (Å²) in [6, 6.07) is 0. The smallest absolute Gasteiger partial charge is 0.0680 e. The highest BCUT2D eigenvalue weighted by Crippen LogP contribution is 1.92. The first-order chi connectivity index (χ1) is 1.89. The molecule has 0 saturated heterocycles. The molecule has 0 fully saturated rings. The Morgan fingerprint density at radius 1 is 1.50 bits per heavy atom. The van der Waals surface area contributed by atoms with Gasteiger partial charge in [-0.1, -0.05) is 18.4 Å². The standard InChI is InChI=1S/C4H2/c1-4-2-3-4/h1H2. The van der Waals surface area contributed by atoms with Crippen LogP contribution in [-0.2, 0) is 0 Å². The van der Waals surface area contributed by atoms with Gasteiger partial charge in [0.05, 0.1) is 5.57 Å². The maximum absolute atomic E-state index is 3.44. The first kappa shape index (κ1) is 1.60. The monoisotopic (exact) mass is 50.0 g/mol. The molecule has 0 amide bonds. The summed E-state index contributed by atoms with van der Waals surface area (Å²) >= 11 is 0. The molecule has 0 unspecified atom stereocenters. The highest BCUT2D eigenvalue weighted by Gasteiger charge is 1.84. The lowest BCUT2D eigenvalue weighted by Gasteiger charge is -1.37. The molecule has 0 nitrogen and oxygen atoms in total. The van der Waals surface area contributed by atoms with Crippen molar-refractivity contribution in [3.05, 3.63) is 12.2 Å². The predicted octanol–water partition coefficient (Wildman–Crippen LogP) is 0.560. The van der Waals surface area contributed by atoms with Crippen LogP contribution >= 0.6 is 0 Å². The summed E-state index contributed by atoms with van der Waals surface area (Å²) in [4.78, 5) is 0. The first-order valence-electron chi connectivity index (χ1n) is 1.10. The Morgan fingerprint density at radius 3 is 1.75 bits per heavy atom. The topological polar surface area (TPSA) is 0 Å². The molecule has 1 aliphatic rings. The molecule has 0 radical (unpaired) electrons. The minimum Gasteiger partial charge on any atom is -0.0747 e. The van der Waals surface area contributed by atoms with Crippen LogP contribution in [0.4, 0.5) is 0 Å². The molecule has 0 bridgehead atoms. The lowest BCUT2D eigenvalue weighted by molar-refractivity contribution is 2.23. The molecule has 0 aromatic heterocycles. The van der Waals surface area contributed by atoms with Crippen molar-refractivity contribution in [2.75, 3.05) is 0 Å². The van der Waals surface area contributed by atoms with Crippen molar-refractivity contribution < 1.29 is 0 Å². The Bertz CT molecular complexity index is 88.9. The average Bonchev–Trinajstić information content (AvgIpc) is 1.75. The minimum atomic E-state index is 0.917. The van der Waals surface area contributed by atoms with Gasteiger partial charge < -0.3 is 0 Å². The fourth-order valence-corrected chi connectivity index (χ4v) is 0.0442. The molecule has 0 heteroatoms. The van der Waals surface area contributed by atoms with Crippen LogP contribution in [0, 0.1) is 11.8 Å². The number of rotatable bonds is 0. The molecule has 0 aromatic rings. The zero-order chi connectivity index (χ0) is 2.99. The largest absolute Gasteiger partial charge is 0.0747 e. The van der Waals surface area contributed by atoms with Gasteiger partial charge in [-0.15, -0.1) is 0 Å². The van der Waals surface area contributed by atoms with Gasteiger partial charge in [-0.05, 0) is 0 Å². The maximum atomic E-state index is 3.44. The van der Waals surface area contributed by atoms with Crippen LogP contribution in [0.3, 0.4) is 0 Å². The van der Waals surface area contributed by atoms with Gasteiger partial charge in [-0.2, -0.15) is 0 Å². The second-order valence-corrected chi connectivity index (χ2v) is 0.729. The van der Waals surface area contributed by atoms with Crippen LogP contribution in [-0.4, -0.2) is 0 Å². The van der Waals surface area contributed by atoms with Crippen molar-refractivity contribution in [2.24, 2.45) is 0 Å². The van der Waals surface area contributed by atoms with Crippen molar-refractivity contribution in [1.82, 2.24) is 0 Å². The van der Waals surface area contributed by atoms with Gasteiger partial charge in [0.2, 0.25) is 0 Å². The Labute approximate surface area is 25.1 Å². The summed E-state index contributed by atoms with van der Waals surface area (Å²) in [5.41, 5.74) is 0.917. The van der Waals surface area contributed by atoms with E-state index in [-0.39, 0.29) is 0 Å². The minimum absolute atomic E-state index is 0.917. The van der Waals surface area contributed by atoms with Gasteiger partial charge in [0.15, 0.2) is 0 Å². The Kier molecular flexibility index (Phi) is 0.0842. The maximum Gasteiger partial charge on any atom is 0.0680 e. The van der Waals surface area contributed by atoms with E-state index in [1.807, 2.05) is 0 Å². The lowest BCUT2D eigenvalue weighted by Crippen LogP contribution is -1.27. The fourth-order valence-electron chi connectivity index (χ4n) is 0.0442. The van der Waals surface area contributed by atoms with Crippen molar-refractivity contribution in [3.8, 4) is 11.8 Å². The third-order valence-corrected chi connectivity index (χ3v) is 0.302. The van der Waals surface area contributed by atoms with E-state index in [4.69, 9.17) is 0 Å². The molecule has 0 saturated carbocycles. The molecule has 0 aromatic carbocycles. The molecule has 1 aliphatic carbocycles. The summed E-state index contributed by atoms with van der Waals surface area (Å²) in [6.45, 7) is 3.44. The third kappa shape index (κ3) is 0.0221. The lowest BCUT2D eigenvalue weighted by atomic mass is 10.6. The van der Waals surface area contributed by atoms with Crippen molar-refractivity contribution in [3.63, 3.8) is 0 Å². The SMILES string of the molecule is C=C1C#C1. The predicted molar refractivity (Wildman–Crippen MR) is 16.9 cm³/mol. The normalized spacial score (nSPS) is 13.5. The molecule has 18 valence electrons. The average molecular weight is 50.1 g/mol. The Morgan fingerprint density at radius 2 is 1.75 bits per heavy atom. The van der Waals surface area contributed by atoms with Gasteiger partial charge in [0.25, 0.3) is 0 Å². The van der Waals surface area contributed by atoms with Gasteiger partial charge in [0.1, 0.15) is 0 Å². The van der Waals surface area contributed by atoms with Gasteiger partial charge in [-0.25, -0.2) is 0 Å². The highest BCUT2D eigenvalue weighted by atomic mass is 13.9. The van der Waals surface area contributed by atoms with E-state index in [2.05, 4.69) is 18.4 Å². The van der Waals surface area contributed by atoms with E-state index < -0.39 is 0 Å². The van der Waals surface area contributed by atoms with Gasteiger partial charge in [-0.3, -0.25) is 0 Å². The molecule has 0 aliphatic heterocycles. The van der Waals surface area contributed by atoms with Gasteiger partial charge in [0, 0.05) is 0 Å². The molecule has 0 atom stereocenters. The van der Waals surface area contributed by atoms with Crippen LogP contribution < -0.4 is 0 Å². The molecule has 4 heavy (non-hydrogen) atoms. The van der Waals surface area contributed by atoms with Crippen LogP contribution in [0.1, 0.15) is 0 Å². The van der Waals surface area contributed by atoms with Crippen LogP contribution in [0.5, 0.6) is 0 Å². The van der Waals surface area contributed by atoms with Crippen LogP contribution in [0.2, 0.25) is 0 Å². The summed E-state index contributed by atoms with van der Waals surface area (Å²) in [5.74, 6) is 5.31. The molecule has 0 N–H and O–H groups in total. The van der Waals surface area contributed by atoms with Gasteiger partial charge >= 0.3 is 0 Å². The zero-order valence-corrected chi connectivity index (χ0v) is 2.21. The van der Waals surface area contributed by atoms with Crippen LogP contribution in [0.15, 0.2) is 12.2 Å². The van der Waals surface area contributed by atoms with E-state index in [1.54, 1.807) is 0 Å². The fraction of sp³-hybridized carbons (Fsp3) is 0. The molecular formula is C4H2. The molecule has 0 spiro atoms. The van der Waals surface area contributed by atoms with E-state index in [0.29, 0.717) is 0 Å².